The summed E-state index contributed by atoms with van der Waals surface area (Å²) in [5, 5.41) is 0. The third-order valence-electron chi connectivity index (χ3n) is 1.16. The molecule has 50 valence electrons. The molecule has 0 unspecified atom stereocenters. The Kier molecular flexibility index (Phi) is 9.25. The molecule has 1 rings (SSSR count). The van der Waals surface area contributed by atoms with Crippen molar-refractivity contribution in [3.05, 3.63) is 31.2 Å². The average molecular weight is 307 g/mol. The second-order valence-corrected chi connectivity index (χ2v) is 1.72. The molecular weight excluding hydrogens is 298 g/mol. The summed E-state index contributed by atoms with van der Waals surface area (Å²) >= 11 is 0. The van der Waals surface area contributed by atoms with E-state index in [2.05, 4.69) is 31.2 Å². The van der Waals surface area contributed by atoms with Gasteiger partial charge in [-0.05, 0) is 5.92 Å². The maximum Gasteiger partial charge on any atom is 0 e. The minimum Gasteiger partial charge on any atom is -1.00 e. The average Bonchev–Trinajstić information content (AvgIpc) is 2.14. The van der Waals surface area contributed by atoms with Crippen molar-refractivity contribution >= 4 is 0 Å². The molecule has 0 amide bonds. The molecule has 0 radical (unpaired) electrons. The third kappa shape index (κ3) is 4.10. The monoisotopic (exact) mass is 308 g/mol. The Hall–Kier alpha value is 0.640. The van der Waals surface area contributed by atoms with Gasteiger partial charge in [0.1, 0.15) is 0 Å². The van der Waals surface area contributed by atoms with E-state index >= 15 is 0 Å². The zero-order valence-electron chi connectivity index (χ0n) is 5.18. The first-order chi connectivity index (χ1) is 3.43. The molecule has 0 aliphatic heterocycles. The summed E-state index contributed by atoms with van der Waals surface area (Å²) in [4.78, 5) is 0. The summed E-state index contributed by atoms with van der Waals surface area (Å²) in [6.07, 6.45) is 9.44. The standard InChI is InChI=1S/C7H9.ClH.Hf/c1-2-7-5-3-4-6-7;;/h3-7H,1-2H2;1H;/q-1;;/p-1. The van der Waals surface area contributed by atoms with Gasteiger partial charge in [0, 0.05) is 25.8 Å². The summed E-state index contributed by atoms with van der Waals surface area (Å²) in [6, 6.07) is 0. The normalized spacial score (nSPS) is 14.8. The molecule has 1 aliphatic rings. The Balaban J connectivity index is 0. The molecular formula is C7H9ClHf-2. The molecule has 0 fully saturated rings. The Bertz CT molecular complexity index is 95.5. The Morgan fingerprint density at radius 3 is 1.89 bits per heavy atom. The van der Waals surface area contributed by atoms with E-state index in [0.717, 1.165) is 6.42 Å². The molecule has 0 N–H and O–H groups in total. The molecule has 0 saturated heterocycles. The van der Waals surface area contributed by atoms with Crippen LogP contribution in [-0.4, -0.2) is 0 Å². The fourth-order valence-electron chi connectivity index (χ4n) is 0.670. The first-order valence-corrected chi connectivity index (χ1v) is 2.57. The number of hydrogen-bond donors (Lipinski definition) is 0. The van der Waals surface area contributed by atoms with Crippen LogP contribution in [0.3, 0.4) is 0 Å². The molecule has 0 saturated carbocycles. The summed E-state index contributed by atoms with van der Waals surface area (Å²) in [5.74, 6) is 0.625. The van der Waals surface area contributed by atoms with Crippen molar-refractivity contribution in [3.63, 3.8) is 0 Å². The van der Waals surface area contributed by atoms with E-state index < -0.39 is 0 Å². The van der Waals surface area contributed by atoms with Gasteiger partial charge < -0.3 is 19.3 Å². The zero-order valence-corrected chi connectivity index (χ0v) is 9.53. The summed E-state index contributed by atoms with van der Waals surface area (Å²) in [6.45, 7) is 3.77. The first kappa shape index (κ1) is 12.3. The Labute approximate surface area is 81.6 Å². The van der Waals surface area contributed by atoms with Crippen molar-refractivity contribution in [2.45, 2.75) is 6.42 Å². The van der Waals surface area contributed by atoms with Crippen LogP contribution in [-0.2, 0) is 25.8 Å². The minimum absolute atomic E-state index is 0. The molecule has 1 aliphatic carbocycles. The third-order valence-corrected chi connectivity index (χ3v) is 1.16. The summed E-state index contributed by atoms with van der Waals surface area (Å²) < 4.78 is 0. The van der Waals surface area contributed by atoms with Crippen LogP contribution in [0, 0.1) is 12.8 Å². The van der Waals surface area contributed by atoms with Crippen LogP contribution in [0.4, 0.5) is 0 Å². The molecule has 0 aromatic heterocycles. The van der Waals surface area contributed by atoms with Crippen LogP contribution in [0.5, 0.6) is 0 Å². The zero-order chi connectivity index (χ0) is 5.11. The van der Waals surface area contributed by atoms with E-state index in [0.29, 0.717) is 5.92 Å². The predicted octanol–water partition coefficient (Wildman–Crippen LogP) is -1.05. The predicted molar refractivity (Wildman–Crippen MR) is 31.7 cm³/mol. The molecule has 0 nitrogen and oxygen atoms in total. The maximum absolute atomic E-state index is 3.77. The second kappa shape index (κ2) is 6.76. The van der Waals surface area contributed by atoms with Crippen LogP contribution >= 0.6 is 0 Å². The van der Waals surface area contributed by atoms with Crippen molar-refractivity contribution in [2.75, 3.05) is 0 Å². The van der Waals surface area contributed by atoms with Gasteiger partial charge in [0.25, 0.3) is 0 Å². The van der Waals surface area contributed by atoms with E-state index in [9.17, 15) is 0 Å². The minimum atomic E-state index is 0. The maximum atomic E-state index is 3.77. The second-order valence-electron chi connectivity index (χ2n) is 1.72. The van der Waals surface area contributed by atoms with E-state index in [1.54, 1.807) is 0 Å². The fraction of sp³-hybridized carbons (Fsp3) is 0.286. The van der Waals surface area contributed by atoms with E-state index in [-0.39, 0.29) is 38.3 Å². The fourth-order valence-corrected chi connectivity index (χ4v) is 0.670. The number of allylic oxidation sites excluding steroid dienone is 4. The van der Waals surface area contributed by atoms with Crippen molar-refractivity contribution in [1.29, 1.82) is 0 Å². The molecule has 0 bridgehead atoms. The quantitative estimate of drug-likeness (QED) is 0.429. The van der Waals surface area contributed by atoms with Gasteiger partial charge in [0.15, 0.2) is 0 Å². The van der Waals surface area contributed by atoms with Gasteiger partial charge in [-0.1, -0.05) is 24.3 Å². The molecule has 0 heterocycles. The van der Waals surface area contributed by atoms with Gasteiger partial charge in [-0.3, -0.25) is 0 Å². The molecule has 0 aromatic carbocycles. The molecule has 2 heteroatoms. The molecule has 0 atom stereocenters. The van der Waals surface area contributed by atoms with Crippen molar-refractivity contribution in [2.24, 2.45) is 5.92 Å². The number of rotatable bonds is 1. The van der Waals surface area contributed by atoms with Crippen LogP contribution in [0.15, 0.2) is 24.3 Å². The SMILES string of the molecule is [CH2-]CC1C=CC=C1.[Cl-].[Hf]. The Morgan fingerprint density at radius 2 is 1.67 bits per heavy atom. The van der Waals surface area contributed by atoms with Gasteiger partial charge in [0.05, 0.1) is 0 Å². The van der Waals surface area contributed by atoms with Gasteiger partial charge >= 0.3 is 0 Å². The van der Waals surface area contributed by atoms with Gasteiger partial charge in [0.2, 0.25) is 0 Å². The van der Waals surface area contributed by atoms with Crippen LogP contribution < -0.4 is 12.4 Å². The van der Waals surface area contributed by atoms with Gasteiger partial charge in [-0.15, -0.1) is 0 Å². The van der Waals surface area contributed by atoms with Crippen LogP contribution in [0.1, 0.15) is 6.42 Å². The smallest absolute Gasteiger partial charge is 0 e. The van der Waals surface area contributed by atoms with E-state index in [4.69, 9.17) is 0 Å². The number of hydrogen-bond acceptors (Lipinski definition) is 0. The van der Waals surface area contributed by atoms with Crippen molar-refractivity contribution in [3.8, 4) is 0 Å². The first-order valence-electron chi connectivity index (χ1n) is 2.57. The van der Waals surface area contributed by atoms with Crippen molar-refractivity contribution in [1.82, 2.24) is 0 Å². The van der Waals surface area contributed by atoms with E-state index in [1.807, 2.05) is 0 Å². The van der Waals surface area contributed by atoms with E-state index in [1.165, 1.54) is 0 Å². The molecule has 0 aromatic rings. The number of halogens is 1. The topological polar surface area (TPSA) is 0 Å². The summed E-state index contributed by atoms with van der Waals surface area (Å²) in [5.41, 5.74) is 0. The molecule has 0 spiro atoms. The van der Waals surface area contributed by atoms with Crippen LogP contribution in [0.2, 0.25) is 0 Å². The van der Waals surface area contributed by atoms with Gasteiger partial charge in [-0.2, -0.15) is 6.42 Å². The summed E-state index contributed by atoms with van der Waals surface area (Å²) in [7, 11) is 0. The van der Waals surface area contributed by atoms with Crippen LogP contribution in [0.25, 0.3) is 0 Å². The van der Waals surface area contributed by atoms with Gasteiger partial charge in [-0.25, -0.2) is 0 Å². The van der Waals surface area contributed by atoms with Crippen molar-refractivity contribution < 1.29 is 38.3 Å². The Morgan fingerprint density at radius 1 is 1.22 bits per heavy atom. The largest absolute Gasteiger partial charge is 1.00 e. The molecule has 9 heavy (non-hydrogen) atoms.